The number of carbonyl (C=O) groups excluding carboxylic acids is 2. The van der Waals surface area contributed by atoms with Gasteiger partial charge in [0.2, 0.25) is 0 Å². The monoisotopic (exact) mass is 661 g/mol. The van der Waals surface area contributed by atoms with Gasteiger partial charge in [-0.05, 0) is 125 Å². The van der Waals surface area contributed by atoms with Crippen molar-refractivity contribution in [3.05, 3.63) is 94.8 Å². The quantitative estimate of drug-likeness (QED) is 0.183. The Balaban J connectivity index is 1.09. The number of benzene rings is 3. The molecular weight excluding hydrogens is 610 g/mol. The molecule has 9 nitrogen and oxygen atoms in total. The molecule has 7 rings (SSSR count). The number of carbonyl (C=O) groups is 2. The molecule has 0 bridgehead atoms. The molecule has 4 aromatic rings. The molecule has 0 saturated carbocycles. The number of anilines is 1. The molecule has 9 heteroatoms. The number of amides is 4. The van der Waals surface area contributed by atoms with Crippen LogP contribution in [0.25, 0.3) is 11.0 Å². The largest absolute Gasteiger partial charge is 0.328 e. The zero-order valence-corrected chi connectivity index (χ0v) is 29.2. The summed E-state index contributed by atoms with van der Waals surface area (Å²) in [4.78, 5) is 38.6. The van der Waals surface area contributed by atoms with Crippen molar-refractivity contribution in [1.29, 1.82) is 0 Å². The molecule has 2 aliphatic heterocycles. The number of aryl methyl sites for hydroxylation is 3. The van der Waals surface area contributed by atoms with Gasteiger partial charge in [0, 0.05) is 37.9 Å². The summed E-state index contributed by atoms with van der Waals surface area (Å²) in [6, 6.07) is 23.1. The van der Waals surface area contributed by atoms with Crippen molar-refractivity contribution < 1.29 is 9.59 Å². The van der Waals surface area contributed by atoms with Crippen molar-refractivity contribution in [2.24, 2.45) is 0 Å². The summed E-state index contributed by atoms with van der Waals surface area (Å²) in [6.45, 7) is 3.81. The molecule has 1 aliphatic carbocycles. The van der Waals surface area contributed by atoms with Crippen LogP contribution in [0.15, 0.2) is 66.7 Å². The van der Waals surface area contributed by atoms with E-state index in [-0.39, 0.29) is 24.1 Å². The third-order valence-electron chi connectivity index (χ3n) is 10.7. The Morgan fingerprint density at radius 3 is 2.53 bits per heavy atom. The Morgan fingerprint density at radius 2 is 1.69 bits per heavy atom. The number of hydrogen-bond donors (Lipinski definition) is 2. The standard InChI is InChI=1S/C40H51N7O2/c1-44(2)22-9-10-23-47-37-16-8-7-15-35(37)41-38(47)36(28-29-17-18-30-11-3-4-13-32(30)27-29)43-39(48)45-24-20-33(21-25-45)46-26-19-31-12-5-6-14-34(31)42-40(46)49/h5-8,12,14-18,27,33,36H,3-4,9-11,13,19-26,28H2,1-2H3,(H,42,49)(H,43,48)/t36-/m1/s1. The zero-order chi connectivity index (χ0) is 33.7. The van der Waals surface area contributed by atoms with Crippen LogP contribution in [0.5, 0.6) is 0 Å². The average Bonchev–Trinajstić information content (AvgIpc) is 3.39. The van der Waals surface area contributed by atoms with Crippen LogP contribution in [0.4, 0.5) is 15.3 Å². The van der Waals surface area contributed by atoms with Crippen LogP contribution in [0.1, 0.15) is 72.6 Å². The number of para-hydroxylation sites is 3. The summed E-state index contributed by atoms with van der Waals surface area (Å²) in [5.41, 5.74) is 8.31. The second-order valence-electron chi connectivity index (χ2n) is 14.4. The van der Waals surface area contributed by atoms with Gasteiger partial charge in [0.1, 0.15) is 5.82 Å². The molecule has 3 aliphatic rings. The van der Waals surface area contributed by atoms with Gasteiger partial charge in [0.05, 0.1) is 17.1 Å². The van der Waals surface area contributed by atoms with Crippen LogP contribution < -0.4 is 10.6 Å². The van der Waals surface area contributed by atoms with Gasteiger partial charge in [-0.25, -0.2) is 14.6 Å². The Kier molecular flexibility index (Phi) is 10.2. The van der Waals surface area contributed by atoms with Gasteiger partial charge in [-0.1, -0.05) is 48.5 Å². The van der Waals surface area contributed by atoms with Gasteiger partial charge in [-0.15, -0.1) is 0 Å². The van der Waals surface area contributed by atoms with Crippen molar-refractivity contribution in [2.45, 2.75) is 82.8 Å². The van der Waals surface area contributed by atoms with E-state index < -0.39 is 0 Å². The lowest BCUT2D eigenvalue weighted by Crippen LogP contribution is -2.52. The van der Waals surface area contributed by atoms with Crippen LogP contribution in [-0.4, -0.2) is 82.6 Å². The summed E-state index contributed by atoms with van der Waals surface area (Å²) < 4.78 is 2.34. The number of unbranched alkanes of at least 4 members (excludes halogenated alkanes) is 1. The minimum Gasteiger partial charge on any atom is -0.328 e. The number of rotatable bonds is 10. The van der Waals surface area contributed by atoms with Crippen molar-refractivity contribution >= 4 is 28.8 Å². The molecular formula is C40H51N7O2. The Labute approximate surface area is 290 Å². The predicted molar refractivity (Wildman–Crippen MR) is 196 cm³/mol. The van der Waals surface area contributed by atoms with Crippen molar-refractivity contribution in [2.75, 3.05) is 45.6 Å². The lowest BCUT2D eigenvalue weighted by molar-refractivity contribution is 0.133. The summed E-state index contributed by atoms with van der Waals surface area (Å²) in [6.07, 6.45) is 9.94. The highest BCUT2D eigenvalue weighted by Gasteiger charge is 2.33. The highest BCUT2D eigenvalue weighted by Crippen LogP contribution is 2.29. The van der Waals surface area contributed by atoms with E-state index in [4.69, 9.17) is 4.98 Å². The number of likely N-dealkylation sites (tertiary alicyclic amines) is 1. The molecule has 0 radical (unpaired) electrons. The van der Waals surface area contributed by atoms with E-state index >= 15 is 0 Å². The topological polar surface area (TPSA) is 85.7 Å². The lowest BCUT2D eigenvalue weighted by atomic mass is 9.89. The normalized spacial score (nSPS) is 17.4. The first-order valence-electron chi connectivity index (χ1n) is 18.3. The molecule has 0 spiro atoms. The van der Waals surface area contributed by atoms with Gasteiger partial charge in [0.25, 0.3) is 0 Å². The number of nitrogens with one attached hydrogen (secondary N) is 2. The van der Waals surface area contributed by atoms with E-state index in [2.05, 4.69) is 76.7 Å². The van der Waals surface area contributed by atoms with Gasteiger partial charge in [0.15, 0.2) is 0 Å². The summed E-state index contributed by atoms with van der Waals surface area (Å²) in [5.74, 6) is 0.924. The number of hydrogen-bond acceptors (Lipinski definition) is 4. The molecule has 2 N–H and O–H groups in total. The summed E-state index contributed by atoms with van der Waals surface area (Å²) >= 11 is 0. The van der Waals surface area contributed by atoms with E-state index in [0.29, 0.717) is 26.1 Å². The average molecular weight is 662 g/mol. The smallest absolute Gasteiger partial charge is 0.322 e. The lowest BCUT2D eigenvalue weighted by Gasteiger charge is -2.38. The first-order valence-corrected chi connectivity index (χ1v) is 18.3. The number of fused-ring (bicyclic) bond motifs is 3. The third kappa shape index (κ3) is 7.62. The van der Waals surface area contributed by atoms with Gasteiger partial charge < -0.3 is 29.9 Å². The van der Waals surface area contributed by atoms with Crippen LogP contribution >= 0.6 is 0 Å². The second-order valence-corrected chi connectivity index (χ2v) is 14.4. The fraction of sp³-hybridized carbons (Fsp3) is 0.475. The number of nitrogens with zero attached hydrogens (tertiary/aromatic N) is 5. The molecule has 3 aromatic carbocycles. The Bertz CT molecular complexity index is 1770. The highest BCUT2D eigenvalue weighted by atomic mass is 16.2. The summed E-state index contributed by atoms with van der Waals surface area (Å²) in [5, 5.41) is 6.58. The first kappa shape index (κ1) is 33.1. The fourth-order valence-corrected chi connectivity index (χ4v) is 8.01. The van der Waals surface area contributed by atoms with E-state index in [1.807, 2.05) is 34.1 Å². The van der Waals surface area contributed by atoms with Gasteiger partial charge in [-0.3, -0.25) is 0 Å². The van der Waals surface area contributed by atoms with Crippen molar-refractivity contribution in [3.63, 3.8) is 0 Å². The van der Waals surface area contributed by atoms with Crippen molar-refractivity contribution in [1.82, 2.24) is 29.6 Å². The SMILES string of the molecule is CN(C)CCCCn1c([C@@H](Cc2ccc3c(c2)CCCC3)NC(=O)N2CCC(N3CCc4ccccc4NC3=O)CC2)nc2ccccc21. The Hall–Kier alpha value is -4.37. The van der Waals surface area contributed by atoms with Gasteiger partial charge >= 0.3 is 12.1 Å². The molecule has 4 amide bonds. The van der Waals surface area contributed by atoms with Crippen LogP contribution in [0.3, 0.4) is 0 Å². The molecule has 1 aromatic heterocycles. The number of aromatic nitrogens is 2. The second kappa shape index (κ2) is 15.0. The van der Waals surface area contributed by atoms with Crippen LogP contribution in [0, 0.1) is 0 Å². The molecule has 258 valence electrons. The summed E-state index contributed by atoms with van der Waals surface area (Å²) in [7, 11) is 4.24. The highest BCUT2D eigenvalue weighted by molar-refractivity contribution is 5.91. The van der Waals surface area contributed by atoms with E-state index in [1.165, 1.54) is 35.1 Å². The maximum absolute atomic E-state index is 14.1. The predicted octanol–water partition coefficient (Wildman–Crippen LogP) is 6.80. The van der Waals surface area contributed by atoms with Crippen LogP contribution in [0.2, 0.25) is 0 Å². The van der Waals surface area contributed by atoms with E-state index in [0.717, 1.165) is 80.6 Å². The third-order valence-corrected chi connectivity index (χ3v) is 10.7. The number of imidazole rings is 1. The maximum Gasteiger partial charge on any atom is 0.322 e. The minimum atomic E-state index is -0.275. The molecule has 3 heterocycles. The molecule has 49 heavy (non-hydrogen) atoms. The molecule has 1 atom stereocenters. The zero-order valence-electron chi connectivity index (χ0n) is 29.2. The fourth-order valence-electron chi connectivity index (χ4n) is 8.01. The minimum absolute atomic E-state index is 0.0394. The number of piperidine rings is 1. The van der Waals surface area contributed by atoms with Crippen LogP contribution in [-0.2, 0) is 32.2 Å². The first-order chi connectivity index (χ1) is 23.9. The maximum atomic E-state index is 14.1. The Morgan fingerprint density at radius 1 is 0.918 bits per heavy atom. The number of urea groups is 2. The molecule has 1 saturated heterocycles. The molecule has 1 fully saturated rings. The van der Waals surface area contributed by atoms with Gasteiger partial charge in [-0.2, -0.15) is 0 Å². The van der Waals surface area contributed by atoms with E-state index in [9.17, 15) is 9.59 Å². The molecule has 0 unspecified atom stereocenters. The van der Waals surface area contributed by atoms with Crippen molar-refractivity contribution in [3.8, 4) is 0 Å². The van der Waals surface area contributed by atoms with E-state index in [1.54, 1.807) is 0 Å².